The van der Waals surface area contributed by atoms with Crippen LogP contribution in [-0.4, -0.2) is 12.5 Å². The summed E-state index contributed by atoms with van der Waals surface area (Å²) >= 11 is 0. The highest BCUT2D eigenvalue weighted by Crippen LogP contribution is 2.35. The molecular weight excluding hydrogens is 186 g/mol. The molecule has 1 fully saturated rings. The van der Waals surface area contributed by atoms with Crippen molar-refractivity contribution in [2.24, 2.45) is 5.92 Å². The van der Waals surface area contributed by atoms with E-state index in [2.05, 4.69) is 12.1 Å². The maximum atomic E-state index is 12.0. The fourth-order valence-corrected chi connectivity index (χ4v) is 2.28. The summed E-state index contributed by atoms with van der Waals surface area (Å²) in [6.45, 7) is 0.880. The zero-order valence-corrected chi connectivity index (χ0v) is 8.78. The second-order valence-corrected chi connectivity index (χ2v) is 4.57. The topological polar surface area (TPSA) is 20.3 Å². The van der Waals surface area contributed by atoms with Gasteiger partial charge in [-0.2, -0.15) is 0 Å². The molecule has 1 heterocycles. The Morgan fingerprint density at radius 1 is 1.33 bits per heavy atom. The molecule has 0 radical (unpaired) electrons. The number of para-hydroxylation sites is 1. The number of fused-ring (bicyclic) bond motifs is 1. The molecule has 1 aromatic rings. The van der Waals surface area contributed by atoms with E-state index in [-0.39, 0.29) is 0 Å². The summed E-state index contributed by atoms with van der Waals surface area (Å²) in [4.78, 5) is 14.0. The van der Waals surface area contributed by atoms with Gasteiger partial charge >= 0.3 is 0 Å². The Labute approximate surface area is 89.9 Å². The Morgan fingerprint density at radius 3 is 2.93 bits per heavy atom. The summed E-state index contributed by atoms with van der Waals surface area (Å²) in [6.07, 6.45) is 4.28. The third-order valence-corrected chi connectivity index (χ3v) is 3.35. The molecule has 2 aliphatic rings. The molecule has 2 nitrogen and oxygen atoms in total. The summed E-state index contributed by atoms with van der Waals surface area (Å²) in [6, 6.07) is 8.25. The SMILES string of the molecule is O=C(CC1CC1)N1CCc2ccccc21. The molecule has 1 aliphatic heterocycles. The van der Waals surface area contributed by atoms with Crippen LogP contribution in [0, 0.1) is 5.92 Å². The van der Waals surface area contributed by atoms with Crippen LogP contribution in [0.2, 0.25) is 0 Å². The van der Waals surface area contributed by atoms with Crippen molar-refractivity contribution in [2.75, 3.05) is 11.4 Å². The zero-order valence-electron chi connectivity index (χ0n) is 8.78. The van der Waals surface area contributed by atoms with E-state index in [9.17, 15) is 4.79 Å². The highest BCUT2D eigenvalue weighted by Gasteiger charge is 2.30. The van der Waals surface area contributed by atoms with Gasteiger partial charge in [0.15, 0.2) is 0 Å². The summed E-state index contributed by atoms with van der Waals surface area (Å²) in [5.74, 6) is 1.01. The minimum absolute atomic E-state index is 0.322. The number of amides is 1. The highest BCUT2D eigenvalue weighted by molar-refractivity contribution is 5.95. The lowest BCUT2D eigenvalue weighted by molar-refractivity contribution is -0.118. The molecular formula is C13H15NO. The van der Waals surface area contributed by atoms with Crippen molar-refractivity contribution in [1.29, 1.82) is 0 Å². The van der Waals surface area contributed by atoms with Gasteiger partial charge in [0, 0.05) is 18.7 Å². The Kier molecular flexibility index (Phi) is 2.01. The van der Waals surface area contributed by atoms with E-state index in [1.54, 1.807) is 0 Å². The Balaban J connectivity index is 1.80. The van der Waals surface area contributed by atoms with Crippen molar-refractivity contribution in [3.8, 4) is 0 Å². The maximum absolute atomic E-state index is 12.0. The largest absolute Gasteiger partial charge is 0.312 e. The van der Waals surface area contributed by atoms with Gasteiger partial charge in [0.1, 0.15) is 0 Å². The molecule has 1 saturated carbocycles. The number of rotatable bonds is 2. The molecule has 0 N–H and O–H groups in total. The quantitative estimate of drug-likeness (QED) is 0.719. The molecule has 3 rings (SSSR count). The van der Waals surface area contributed by atoms with Crippen LogP contribution in [-0.2, 0) is 11.2 Å². The fraction of sp³-hybridized carbons (Fsp3) is 0.462. The van der Waals surface area contributed by atoms with Gasteiger partial charge in [-0.25, -0.2) is 0 Å². The van der Waals surface area contributed by atoms with Gasteiger partial charge in [0.25, 0.3) is 0 Å². The molecule has 0 bridgehead atoms. The Hall–Kier alpha value is -1.31. The Morgan fingerprint density at radius 2 is 2.13 bits per heavy atom. The van der Waals surface area contributed by atoms with Crippen molar-refractivity contribution < 1.29 is 4.79 Å². The molecule has 0 spiro atoms. The van der Waals surface area contributed by atoms with Crippen LogP contribution in [0.1, 0.15) is 24.8 Å². The van der Waals surface area contributed by atoms with E-state index in [1.165, 1.54) is 18.4 Å². The molecule has 0 atom stereocenters. The van der Waals surface area contributed by atoms with Crippen LogP contribution in [0.15, 0.2) is 24.3 Å². The molecule has 0 saturated heterocycles. The summed E-state index contributed by atoms with van der Waals surface area (Å²) < 4.78 is 0. The van der Waals surface area contributed by atoms with E-state index >= 15 is 0 Å². The van der Waals surface area contributed by atoms with Gasteiger partial charge < -0.3 is 4.90 Å². The van der Waals surface area contributed by atoms with Crippen LogP contribution in [0.5, 0.6) is 0 Å². The van der Waals surface area contributed by atoms with Gasteiger partial charge in [0.05, 0.1) is 0 Å². The molecule has 15 heavy (non-hydrogen) atoms. The zero-order chi connectivity index (χ0) is 10.3. The first-order valence-electron chi connectivity index (χ1n) is 5.73. The molecule has 0 aromatic heterocycles. The average Bonchev–Trinajstić information content (AvgIpc) is 2.96. The monoisotopic (exact) mass is 201 g/mol. The normalized spacial score (nSPS) is 19.1. The van der Waals surface area contributed by atoms with Crippen LogP contribution in [0.3, 0.4) is 0 Å². The van der Waals surface area contributed by atoms with Crippen molar-refractivity contribution in [1.82, 2.24) is 0 Å². The third kappa shape index (κ3) is 1.65. The second kappa shape index (κ2) is 3.37. The van der Waals surface area contributed by atoms with Gasteiger partial charge in [0.2, 0.25) is 5.91 Å². The number of carbonyl (C=O) groups is 1. The first kappa shape index (κ1) is 8.96. The summed E-state index contributed by atoms with van der Waals surface area (Å²) in [5, 5.41) is 0. The summed E-state index contributed by atoms with van der Waals surface area (Å²) in [5.41, 5.74) is 2.46. The average molecular weight is 201 g/mol. The number of benzene rings is 1. The van der Waals surface area contributed by atoms with E-state index in [1.807, 2.05) is 17.0 Å². The van der Waals surface area contributed by atoms with E-state index < -0.39 is 0 Å². The van der Waals surface area contributed by atoms with Crippen molar-refractivity contribution in [2.45, 2.75) is 25.7 Å². The van der Waals surface area contributed by atoms with E-state index in [4.69, 9.17) is 0 Å². The van der Waals surface area contributed by atoms with E-state index in [0.29, 0.717) is 11.8 Å². The van der Waals surface area contributed by atoms with Gasteiger partial charge in [-0.1, -0.05) is 18.2 Å². The fourth-order valence-electron chi connectivity index (χ4n) is 2.28. The molecule has 2 heteroatoms. The Bertz CT molecular complexity index is 395. The number of carbonyl (C=O) groups excluding carboxylic acids is 1. The second-order valence-electron chi connectivity index (χ2n) is 4.57. The van der Waals surface area contributed by atoms with Crippen LogP contribution < -0.4 is 4.90 Å². The van der Waals surface area contributed by atoms with Gasteiger partial charge in [-0.3, -0.25) is 4.79 Å². The first-order valence-corrected chi connectivity index (χ1v) is 5.73. The lowest BCUT2D eigenvalue weighted by atomic mass is 10.2. The van der Waals surface area contributed by atoms with Gasteiger partial charge in [-0.15, -0.1) is 0 Å². The maximum Gasteiger partial charge on any atom is 0.227 e. The standard InChI is InChI=1S/C13H15NO/c15-13(9-10-5-6-10)14-8-7-11-3-1-2-4-12(11)14/h1-4,10H,5-9H2. The minimum Gasteiger partial charge on any atom is -0.312 e. The predicted octanol–water partition coefficient (Wildman–Crippen LogP) is 2.38. The molecule has 1 aliphatic carbocycles. The van der Waals surface area contributed by atoms with Crippen LogP contribution in [0.4, 0.5) is 5.69 Å². The molecule has 0 unspecified atom stereocenters. The molecule has 1 amide bonds. The molecule has 78 valence electrons. The van der Waals surface area contributed by atoms with Crippen molar-refractivity contribution in [3.05, 3.63) is 29.8 Å². The number of anilines is 1. The lowest BCUT2D eigenvalue weighted by Crippen LogP contribution is -2.28. The third-order valence-electron chi connectivity index (χ3n) is 3.35. The first-order chi connectivity index (χ1) is 7.34. The molecule has 1 aromatic carbocycles. The minimum atomic E-state index is 0.322. The summed E-state index contributed by atoms with van der Waals surface area (Å²) in [7, 11) is 0. The lowest BCUT2D eigenvalue weighted by Gasteiger charge is -2.16. The number of hydrogen-bond acceptors (Lipinski definition) is 1. The number of nitrogens with zero attached hydrogens (tertiary/aromatic N) is 1. The number of hydrogen-bond donors (Lipinski definition) is 0. The van der Waals surface area contributed by atoms with Crippen molar-refractivity contribution in [3.63, 3.8) is 0 Å². The van der Waals surface area contributed by atoms with E-state index in [0.717, 1.165) is 25.1 Å². The smallest absolute Gasteiger partial charge is 0.227 e. The van der Waals surface area contributed by atoms with Crippen LogP contribution in [0.25, 0.3) is 0 Å². The van der Waals surface area contributed by atoms with Crippen molar-refractivity contribution >= 4 is 11.6 Å². The van der Waals surface area contributed by atoms with Gasteiger partial charge in [-0.05, 0) is 36.8 Å². The van der Waals surface area contributed by atoms with Crippen LogP contribution >= 0.6 is 0 Å². The highest BCUT2D eigenvalue weighted by atomic mass is 16.2. The predicted molar refractivity (Wildman–Crippen MR) is 59.8 cm³/mol.